The molecule has 4 N–H and O–H groups in total. The first-order valence-corrected chi connectivity index (χ1v) is 11.9. The molecule has 10 nitrogen and oxygen atoms in total. The molecule has 30 heavy (non-hydrogen) atoms. The Labute approximate surface area is 192 Å². The predicted octanol–water partition coefficient (Wildman–Crippen LogP) is 1.65. The van der Waals surface area contributed by atoms with Gasteiger partial charge in [-0.2, -0.15) is 25.3 Å². The molecular formula is C16H10NaO10S3. The molecule has 4 aromatic carbocycles. The third-order valence-corrected chi connectivity index (χ3v) is 7.28. The van der Waals surface area contributed by atoms with E-state index in [4.69, 9.17) is 0 Å². The maximum atomic E-state index is 11.9. The molecule has 0 aromatic heterocycles. The van der Waals surface area contributed by atoms with Gasteiger partial charge in [0.05, 0.1) is 0 Å². The summed E-state index contributed by atoms with van der Waals surface area (Å²) in [5.74, 6) is -0.334. The summed E-state index contributed by atoms with van der Waals surface area (Å²) in [5.41, 5.74) is 0. The summed E-state index contributed by atoms with van der Waals surface area (Å²) in [6, 6.07) is 5.98. The van der Waals surface area contributed by atoms with Gasteiger partial charge in [0.2, 0.25) is 0 Å². The van der Waals surface area contributed by atoms with Crippen molar-refractivity contribution in [2.24, 2.45) is 0 Å². The molecule has 0 spiro atoms. The van der Waals surface area contributed by atoms with Gasteiger partial charge in [-0.05, 0) is 30.3 Å². The predicted molar refractivity (Wildman–Crippen MR) is 107 cm³/mol. The van der Waals surface area contributed by atoms with Crippen LogP contribution < -0.4 is 0 Å². The zero-order valence-corrected chi connectivity index (χ0v) is 19.4. The van der Waals surface area contributed by atoms with E-state index in [2.05, 4.69) is 0 Å². The van der Waals surface area contributed by atoms with Gasteiger partial charge < -0.3 is 5.11 Å². The SMILES string of the molecule is O=S(=O)(O)c1cc2c(S(=O)(=O)O)cc(S(=O)(=O)O)c3ccc4c(O)ccc1c4c32.[Na]. The first kappa shape index (κ1) is 23.1. The summed E-state index contributed by atoms with van der Waals surface area (Å²) in [6.07, 6.45) is 0. The molecule has 4 rings (SSSR count). The van der Waals surface area contributed by atoms with Crippen molar-refractivity contribution >= 4 is 92.2 Å². The summed E-state index contributed by atoms with van der Waals surface area (Å²) in [7, 11) is -15.0. The number of hydrogen-bond donors (Lipinski definition) is 4. The van der Waals surface area contributed by atoms with Gasteiger partial charge >= 0.3 is 0 Å². The second-order valence-corrected chi connectivity index (χ2v) is 10.4. The third kappa shape index (κ3) is 3.45. The first-order valence-electron chi connectivity index (χ1n) is 7.61. The molecule has 153 valence electrons. The Bertz CT molecular complexity index is 1670. The van der Waals surface area contributed by atoms with Crippen LogP contribution >= 0.6 is 0 Å². The zero-order chi connectivity index (χ0) is 21.5. The fourth-order valence-electron chi connectivity index (χ4n) is 3.51. The molecule has 0 unspecified atom stereocenters. The average molecular weight is 481 g/mol. The maximum Gasteiger partial charge on any atom is 0.295 e. The van der Waals surface area contributed by atoms with Crippen molar-refractivity contribution in [3.05, 3.63) is 36.4 Å². The van der Waals surface area contributed by atoms with E-state index < -0.39 is 50.4 Å². The molecular weight excluding hydrogens is 471 g/mol. The van der Waals surface area contributed by atoms with Gasteiger partial charge in [0.1, 0.15) is 20.4 Å². The van der Waals surface area contributed by atoms with E-state index in [0.29, 0.717) is 6.07 Å². The normalized spacial score (nSPS) is 13.2. The number of benzene rings is 4. The van der Waals surface area contributed by atoms with Crippen molar-refractivity contribution < 1.29 is 44.0 Å². The first-order chi connectivity index (χ1) is 13.2. The number of rotatable bonds is 3. The molecule has 4 aromatic rings. The molecule has 0 atom stereocenters. The monoisotopic (exact) mass is 481 g/mol. The van der Waals surface area contributed by atoms with Crippen molar-refractivity contribution in [2.75, 3.05) is 0 Å². The second-order valence-electron chi connectivity index (χ2n) is 6.26. The van der Waals surface area contributed by atoms with Crippen molar-refractivity contribution in [3.8, 4) is 5.75 Å². The minimum atomic E-state index is -5.10. The Morgan fingerprint density at radius 3 is 1.40 bits per heavy atom. The maximum absolute atomic E-state index is 11.9. The zero-order valence-electron chi connectivity index (χ0n) is 14.9. The smallest absolute Gasteiger partial charge is 0.295 e. The van der Waals surface area contributed by atoms with Crippen LogP contribution in [0, 0.1) is 0 Å². The standard InChI is InChI=1S/C16H10O10S3.Na/c17-11-4-3-9-12(27(18,19)20)5-10-14(29(24,25)26)6-13(28(21,22)23)8-2-1-7(11)15(9)16(8)10;/h1-6,17H,(H,18,19,20)(H,21,22,23)(H,24,25,26);. The summed E-state index contributed by atoms with van der Waals surface area (Å²) in [5, 5.41) is 9.21. The van der Waals surface area contributed by atoms with Gasteiger partial charge in [-0.15, -0.1) is 0 Å². The Morgan fingerprint density at radius 2 is 0.900 bits per heavy atom. The molecule has 0 amide bonds. The summed E-state index contributed by atoms with van der Waals surface area (Å²) < 4.78 is 100. The molecule has 1 radical (unpaired) electrons. The van der Waals surface area contributed by atoms with E-state index in [-0.39, 0.29) is 62.2 Å². The van der Waals surface area contributed by atoms with Crippen LogP contribution in [-0.2, 0) is 30.4 Å². The van der Waals surface area contributed by atoms with Crippen molar-refractivity contribution in [3.63, 3.8) is 0 Å². The molecule has 0 fully saturated rings. The van der Waals surface area contributed by atoms with E-state index in [1.54, 1.807) is 0 Å². The van der Waals surface area contributed by atoms with Crippen LogP contribution in [0.3, 0.4) is 0 Å². The number of phenolic OH excluding ortho intramolecular Hbond substituents is 1. The van der Waals surface area contributed by atoms with E-state index in [1.807, 2.05) is 0 Å². The Kier molecular flexibility index (Phi) is 5.38. The molecule has 0 aliphatic carbocycles. The molecule has 0 heterocycles. The van der Waals surface area contributed by atoms with Crippen LogP contribution in [0.25, 0.3) is 32.3 Å². The minimum absolute atomic E-state index is 0. The summed E-state index contributed by atoms with van der Waals surface area (Å²) >= 11 is 0. The number of aromatic hydroxyl groups is 1. The Balaban J connectivity index is 0.00000256. The second kappa shape index (κ2) is 6.98. The van der Waals surface area contributed by atoms with Crippen molar-refractivity contribution in [1.29, 1.82) is 0 Å². The fourth-order valence-corrected chi connectivity index (χ4v) is 5.72. The minimum Gasteiger partial charge on any atom is -0.507 e. The summed E-state index contributed by atoms with van der Waals surface area (Å²) in [6.45, 7) is 0. The largest absolute Gasteiger partial charge is 0.507 e. The number of hydrogen-bond acceptors (Lipinski definition) is 7. The fraction of sp³-hybridized carbons (Fsp3) is 0. The molecule has 0 bridgehead atoms. The van der Waals surface area contributed by atoms with Crippen LogP contribution in [0.2, 0.25) is 0 Å². The van der Waals surface area contributed by atoms with Gasteiger partial charge in [-0.1, -0.05) is 6.07 Å². The molecule has 0 saturated heterocycles. The third-order valence-electron chi connectivity index (χ3n) is 4.60. The van der Waals surface area contributed by atoms with Crippen LogP contribution in [-0.4, -0.2) is 73.6 Å². The van der Waals surface area contributed by atoms with Gasteiger partial charge in [-0.3, -0.25) is 13.7 Å². The molecule has 0 aliphatic rings. The summed E-state index contributed by atoms with van der Waals surface area (Å²) in [4.78, 5) is -2.56. The van der Waals surface area contributed by atoms with E-state index in [9.17, 15) is 44.0 Å². The van der Waals surface area contributed by atoms with Crippen molar-refractivity contribution in [1.82, 2.24) is 0 Å². The van der Waals surface area contributed by atoms with Crippen LogP contribution in [0.15, 0.2) is 51.1 Å². The van der Waals surface area contributed by atoms with Crippen molar-refractivity contribution in [2.45, 2.75) is 14.7 Å². The topological polar surface area (TPSA) is 183 Å². The average Bonchev–Trinajstić information content (AvgIpc) is 2.57. The molecule has 0 saturated carbocycles. The number of phenols is 1. The van der Waals surface area contributed by atoms with Crippen LogP contribution in [0.4, 0.5) is 0 Å². The quantitative estimate of drug-likeness (QED) is 0.191. The Hall–Kier alpha value is -1.55. The van der Waals surface area contributed by atoms with E-state index in [0.717, 1.165) is 18.2 Å². The van der Waals surface area contributed by atoms with Crippen LogP contribution in [0.5, 0.6) is 5.75 Å². The van der Waals surface area contributed by atoms with Gasteiger partial charge in [0.15, 0.2) is 0 Å². The Morgan fingerprint density at radius 1 is 0.533 bits per heavy atom. The molecule has 14 heteroatoms. The van der Waals surface area contributed by atoms with E-state index in [1.165, 1.54) is 12.1 Å². The van der Waals surface area contributed by atoms with Crippen LogP contribution in [0.1, 0.15) is 0 Å². The van der Waals surface area contributed by atoms with Gasteiger partial charge in [0.25, 0.3) is 30.4 Å². The van der Waals surface area contributed by atoms with Gasteiger partial charge in [-0.25, -0.2) is 0 Å². The van der Waals surface area contributed by atoms with Gasteiger partial charge in [0, 0.05) is 61.9 Å². The van der Waals surface area contributed by atoms with E-state index >= 15 is 0 Å². The molecule has 0 aliphatic heterocycles.